The molecule has 3 amide bonds. The first-order valence-corrected chi connectivity index (χ1v) is 12.1. The lowest BCUT2D eigenvalue weighted by Crippen LogP contribution is -2.64. The Bertz CT molecular complexity index is 1330. The van der Waals surface area contributed by atoms with Crippen molar-refractivity contribution in [3.8, 4) is 0 Å². The molecular weight excluding hydrogens is 485 g/mol. The minimum absolute atomic E-state index is 0.181. The number of fused-ring (bicyclic) bond motifs is 3. The molecule has 1 heterocycles. The molecule has 0 fully saturated rings. The Hall–Kier alpha value is -3.82. The van der Waals surface area contributed by atoms with Gasteiger partial charge in [-0.1, -0.05) is 44.2 Å². The van der Waals surface area contributed by atoms with Gasteiger partial charge < -0.3 is 21.4 Å². The largest absolute Gasteiger partial charge is 0.416 e. The lowest BCUT2D eigenvalue weighted by Gasteiger charge is -2.38. The Balaban J connectivity index is 1.63. The maximum atomic E-state index is 13.7. The summed E-state index contributed by atoms with van der Waals surface area (Å²) in [4.78, 5) is 42.2. The van der Waals surface area contributed by atoms with Crippen molar-refractivity contribution in [2.24, 2.45) is 11.7 Å². The molecule has 7 nitrogen and oxygen atoms in total. The van der Waals surface area contributed by atoms with Crippen LogP contribution in [-0.2, 0) is 39.8 Å². The first kappa shape index (κ1) is 26.2. The molecule has 0 aliphatic heterocycles. The average Bonchev–Trinajstić information content (AvgIpc) is 3.19. The fraction of sp³-hybridized carbons (Fsp3) is 0.370. The zero-order valence-electron chi connectivity index (χ0n) is 20.5. The summed E-state index contributed by atoms with van der Waals surface area (Å²) < 4.78 is 38.7. The van der Waals surface area contributed by atoms with E-state index in [2.05, 4.69) is 15.6 Å². The molecular formula is C27H29F3N4O3. The van der Waals surface area contributed by atoms with Crippen molar-refractivity contribution in [3.63, 3.8) is 0 Å². The fourth-order valence-electron chi connectivity index (χ4n) is 4.91. The van der Waals surface area contributed by atoms with E-state index >= 15 is 0 Å². The molecule has 1 aliphatic rings. The van der Waals surface area contributed by atoms with Gasteiger partial charge in [0.1, 0.15) is 11.6 Å². The molecule has 0 unspecified atom stereocenters. The molecule has 1 aliphatic carbocycles. The molecule has 196 valence electrons. The summed E-state index contributed by atoms with van der Waals surface area (Å²) in [6, 6.07) is 11.1. The number of H-pyrrole nitrogens is 1. The van der Waals surface area contributed by atoms with E-state index in [0.29, 0.717) is 12.0 Å². The number of aryl methyl sites for hydroxylation is 1. The maximum absolute atomic E-state index is 13.7. The van der Waals surface area contributed by atoms with Gasteiger partial charge in [-0.3, -0.25) is 14.4 Å². The summed E-state index contributed by atoms with van der Waals surface area (Å²) in [5.41, 5.74) is 6.49. The third kappa shape index (κ3) is 5.47. The predicted octanol–water partition coefficient (Wildman–Crippen LogP) is 3.40. The number of amides is 3. The molecule has 2 aromatic carbocycles. The maximum Gasteiger partial charge on any atom is 0.416 e. The molecule has 0 bridgehead atoms. The molecule has 0 saturated carbocycles. The third-order valence-electron chi connectivity index (χ3n) is 6.90. The van der Waals surface area contributed by atoms with Gasteiger partial charge in [-0.05, 0) is 48.1 Å². The van der Waals surface area contributed by atoms with Gasteiger partial charge in [-0.2, -0.15) is 13.2 Å². The Labute approximate surface area is 212 Å². The number of alkyl halides is 3. The fourth-order valence-corrected chi connectivity index (χ4v) is 4.91. The highest BCUT2D eigenvalue weighted by Crippen LogP contribution is 2.35. The summed E-state index contributed by atoms with van der Waals surface area (Å²) in [7, 11) is 0. The van der Waals surface area contributed by atoms with Crippen LogP contribution in [0.4, 0.5) is 13.2 Å². The van der Waals surface area contributed by atoms with E-state index in [-0.39, 0.29) is 25.2 Å². The lowest BCUT2D eigenvalue weighted by atomic mass is 9.78. The van der Waals surface area contributed by atoms with Crippen LogP contribution >= 0.6 is 0 Å². The van der Waals surface area contributed by atoms with Gasteiger partial charge in [0.15, 0.2) is 0 Å². The van der Waals surface area contributed by atoms with Crippen molar-refractivity contribution in [1.29, 1.82) is 0 Å². The van der Waals surface area contributed by atoms with Crippen molar-refractivity contribution in [2.75, 3.05) is 0 Å². The highest BCUT2D eigenvalue weighted by molar-refractivity contribution is 5.96. The van der Waals surface area contributed by atoms with E-state index in [9.17, 15) is 27.6 Å². The van der Waals surface area contributed by atoms with Crippen molar-refractivity contribution in [1.82, 2.24) is 15.6 Å². The number of nitrogens with one attached hydrogen (secondary N) is 3. The smallest absolute Gasteiger partial charge is 0.368 e. The highest BCUT2D eigenvalue weighted by atomic mass is 19.4. The van der Waals surface area contributed by atoms with Crippen LogP contribution in [0, 0.1) is 5.92 Å². The molecule has 1 aromatic heterocycles. The average molecular weight is 515 g/mol. The zero-order chi connectivity index (χ0) is 27.0. The summed E-state index contributed by atoms with van der Waals surface area (Å²) in [6.45, 7) is 3.51. The number of aromatic amines is 1. The number of hydrogen-bond acceptors (Lipinski definition) is 3. The minimum Gasteiger partial charge on any atom is -0.368 e. The number of rotatable bonds is 7. The van der Waals surface area contributed by atoms with Crippen LogP contribution in [0.15, 0.2) is 48.5 Å². The van der Waals surface area contributed by atoms with Gasteiger partial charge in [0, 0.05) is 23.0 Å². The lowest BCUT2D eigenvalue weighted by molar-refractivity contribution is -0.137. The number of primary amides is 1. The van der Waals surface area contributed by atoms with Crippen LogP contribution in [-0.4, -0.2) is 34.3 Å². The van der Waals surface area contributed by atoms with Crippen LogP contribution in [0.25, 0.3) is 10.9 Å². The van der Waals surface area contributed by atoms with Gasteiger partial charge in [0.25, 0.3) is 0 Å². The SMILES string of the molecule is CC(C)[C@H](NC(=O)[C@]1(NC(=O)Cc2ccc(C(F)(F)F)cc2)CCc2[nH]c3ccccc3c2C1)C(N)=O. The Kier molecular flexibility index (Phi) is 7.03. The minimum atomic E-state index is -4.48. The monoisotopic (exact) mass is 514 g/mol. The van der Waals surface area contributed by atoms with Gasteiger partial charge in [0.05, 0.1) is 12.0 Å². The van der Waals surface area contributed by atoms with E-state index in [1.807, 2.05) is 24.3 Å². The summed E-state index contributed by atoms with van der Waals surface area (Å²) in [5, 5.41) is 6.52. The van der Waals surface area contributed by atoms with Crippen molar-refractivity contribution in [3.05, 3.63) is 70.9 Å². The zero-order valence-corrected chi connectivity index (χ0v) is 20.5. The van der Waals surface area contributed by atoms with Crippen LogP contribution in [0.3, 0.4) is 0 Å². The van der Waals surface area contributed by atoms with E-state index in [0.717, 1.165) is 34.3 Å². The Morgan fingerprint density at radius 3 is 2.38 bits per heavy atom. The number of carbonyl (C=O) groups excluding carboxylic acids is 3. The second kappa shape index (κ2) is 9.91. The molecule has 37 heavy (non-hydrogen) atoms. The molecule has 2 atom stereocenters. The Morgan fingerprint density at radius 2 is 1.76 bits per heavy atom. The van der Waals surface area contributed by atoms with Gasteiger partial charge in [-0.25, -0.2) is 0 Å². The number of carbonyl (C=O) groups is 3. The molecule has 0 spiro atoms. The van der Waals surface area contributed by atoms with Crippen LogP contribution < -0.4 is 16.4 Å². The molecule has 4 rings (SSSR count). The number of para-hydroxylation sites is 1. The standard InChI is InChI=1S/C27H29F3N4O3/c1-15(2)23(24(31)36)33-25(37)26(12-11-21-19(14-26)18-5-3-4-6-20(18)32-21)34-22(35)13-16-7-9-17(10-8-16)27(28,29)30/h3-10,15,23,32H,11-14H2,1-2H3,(H2,31,36)(H,33,37)(H,34,35)/t23-,26-/m0/s1. The van der Waals surface area contributed by atoms with E-state index < -0.39 is 41.0 Å². The molecule has 0 saturated heterocycles. The summed E-state index contributed by atoms with van der Waals surface area (Å²) in [6.07, 6.45) is -3.77. The predicted molar refractivity (Wildman–Crippen MR) is 132 cm³/mol. The molecule has 10 heteroatoms. The van der Waals surface area contributed by atoms with E-state index in [1.165, 1.54) is 12.1 Å². The van der Waals surface area contributed by atoms with Crippen molar-refractivity contribution < 1.29 is 27.6 Å². The quantitative estimate of drug-likeness (QED) is 0.387. The number of nitrogens with two attached hydrogens (primary N) is 1. The molecule has 0 radical (unpaired) electrons. The van der Waals surface area contributed by atoms with Gasteiger partial charge in [-0.15, -0.1) is 0 Å². The number of aromatic nitrogens is 1. The summed E-state index contributed by atoms with van der Waals surface area (Å²) in [5.74, 6) is -1.99. The van der Waals surface area contributed by atoms with E-state index in [4.69, 9.17) is 5.73 Å². The van der Waals surface area contributed by atoms with Crippen molar-refractivity contribution in [2.45, 2.75) is 57.3 Å². The second-order valence-corrected chi connectivity index (χ2v) is 9.90. The first-order valence-electron chi connectivity index (χ1n) is 12.1. The summed E-state index contributed by atoms with van der Waals surface area (Å²) >= 11 is 0. The normalized spacial score (nSPS) is 18.3. The second-order valence-electron chi connectivity index (χ2n) is 9.90. The van der Waals surface area contributed by atoms with Crippen LogP contribution in [0.1, 0.15) is 42.7 Å². The topological polar surface area (TPSA) is 117 Å². The number of benzene rings is 2. The molecule has 5 N–H and O–H groups in total. The van der Waals surface area contributed by atoms with E-state index in [1.54, 1.807) is 13.8 Å². The molecule has 3 aromatic rings. The van der Waals surface area contributed by atoms with Gasteiger partial charge in [0.2, 0.25) is 17.7 Å². The van der Waals surface area contributed by atoms with Crippen LogP contribution in [0.2, 0.25) is 0 Å². The van der Waals surface area contributed by atoms with Crippen LogP contribution in [0.5, 0.6) is 0 Å². The third-order valence-corrected chi connectivity index (χ3v) is 6.90. The number of hydrogen-bond donors (Lipinski definition) is 4. The number of halogens is 3. The van der Waals surface area contributed by atoms with Gasteiger partial charge >= 0.3 is 6.18 Å². The Morgan fingerprint density at radius 1 is 1.08 bits per heavy atom. The van der Waals surface area contributed by atoms with Crippen molar-refractivity contribution >= 4 is 28.6 Å². The highest BCUT2D eigenvalue weighted by Gasteiger charge is 2.45. The first-order chi connectivity index (χ1) is 17.4.